The molecule has 0 aliphatic carbocycles. The van der Waals surface area contributed by atoms with E-state index in [1.54, 1.807) is 19.1 Å². The van der Waals surface area contributed by atoms with Crippen LogP contribution in [-0.4, -0.2) is 40.2 Å². The van der Waals surface area contributed by atoms with E-state index in [-0.39, 0.29) is 34.4 Å². The first-order valence-electron chi connectivity index (χ1n) is 11.3. The van der Waals surface area contributed by atoms with Crippen molar-refractivity contribution in [3.63, 3.8) is 0 Å². The number of hydrogen-bond acceptors (Lipinski definition) is 9. The van der Waals surface area contributed by atoms with Gasteiger partial charge >= 0.3 is 0 Å². The van der Waals surface area contributed by atoms with Crippen molar-refractivity contribution in [2.24, 2.45) is 0 Å². The monoisotopic (exact) mass is 532 g/mol. The number of methoxy groups -OCH3 is 2. The van der Waals surface area contributed by atoms with E-state index in [1.165, 1.54) is 50.1 Å². The molecule has 0 unspecified atom stereocenters. The topological polar surface area (TPSA) is 116 Å². The number of nitrogens with one attached hydrogen (secondary N) is 1. The number of amides is 1. The van der Waals surface area contributed by atoms with Crippen LogP contribution in [-0.2, 0) is 0 Å². The summed E-state index contributed by atoms with van der Waals surface area (Å²) >= 11 is 1.46. The van der Waals surface area contributed by atoms with Gasteiger partial charge in [0, 0.05) is 47.5 Å². The van der Waals surface area contributed by atoms with E-state index in [4.69, 9.17) is 14.2 Å². The van der Waals surface area contributed by atoms with Gasteiger partial charge in [0.1, 0.15) is 16.8 Å². The van der Waals surface area contributed by atoms with E-state index in [9.17, 15) is 9.90 Å². The zero-order valence-electron chi connectivity index (χ0n) is 20.5. The Morgan fingerprint density at radius 3 is 2.61 bits per heavy atom. The SMILES string of the molecule is COc1cc2nccc(Oc3ccc(NC(=O)c4cnc(C)c(-c5ccsc5)c4O)cc3F)c2nc1OC. The van der Waals surface area contributed by atoms with Crippen molar-refractivity contribution in [2.45, 2.75) is 6.92 Å². The number of aromatic hydroxyl groups is 1. The summed E-state index contributed by atoms with van der Waals surface area (Å²) in [5, 5.41) is 17.1. The molecule has 11 heteroatoms. The van der Waals surface area contributed by atoms with Gasteiger partial charge in [-0.15, -0.1) is 0 Å². The van der Waals surface area contributed by atoms with E-state index >= 15 is 4.39 Å². The Labute approximate surface area is 220 Å². The van der Waals surface area contributed by atoms with Crippen molar-refractivity contribution in [2.75, 3.05) is 19.5 Å². The lowest BCUT2D eigenvalue weighted by molar-refractivity contribution is 0.102. The number of ether oxygens (including phenoxy) is 3. The maximum absolute atomic E-state index is 15.0. The number of anilines is 1. The minimum Gasteiger partial charge on any atom is -0.506 e. The van der Waals surface area contributed by atoms with Crippen LogP contribution in [0, 0.1) is 12.7 Å². The highest BCUT2D eigenvalue weighted by Crippen LogP contribution is 2.37. The summed E-state index contributed by atoms with van der Waals surface area (Å²) in [5.74, 6) is -0.767. The molecule has 0 aliphatic heterocycles. The average molecular weight is 533 g/mol. The lowest BCUT2D eigenvalue weighted by Gasteiger charge is -2.13. The minimum absolute atomic E-state index is 0.0313. The number of rotatable bonds is 7. The van der Waals surface area contributed by atoms with Gasteiger partial charge in [-0.1, -0.05) is 0 Å². The van der Waals surface area contributed by atoms with E-state index < -0.39 is 11.7 Å². The first-order valence-corrected chi connectivity index (χ1v) is 12.2. The van der Waals surface area contributed by atoms with Gasteiger partial charge in [-0.25, -0.2) is 9.37 Å². The fourth-order valence-electron chi connectivity index (χ4n) is 3.88. The largest absolute Gasteiger partial charge is 0.506 e. The molecule has 192 valence electrons. The molecule has 9 nitrogen and oxygen atoms in total. The second-order valence-corrected chi connectivity index (χ2v) is 8.85. The van der Waals surface area contributed by atoms with Gasteiger partial charge in [0.05, 0.1) is 19.7 Å². The molecule has 4 heterocycles. The number of aromatic nitrogens is 3. The Hall–Kier alpha value is -4.77. The van der Waals surface area contributed by atoms with Crippen molar-refractivity contribution in [3.8, 4) is 40.0 Å². The van der Waals surface area contributed by atoms with Crippen LogP contribution in [0.4, 0.5) is 10.1 Å². The molecule has 0 radical (unpaired) electrons. The van der Waals surface area contributed by atoms with Gasteiger partial charge < -0.3 is 24.6 Å². The molecular weight excluding hydrogens is 511 g/mol. The molecule has 0 saturated heterocycles. The number of hydrogen-bond donors (Lipinski definition) is 2. The lowest BCUT2D eigenvalue weighted by Crippen LogP contribution is -2.13. The van der Waals surface area contributed by atoms with Crippen LogP contribution in [0.2, 0.25) is 0 Å². The number of thiophene rings is 1. The van der Waals surface area contributed by atoms with Gasteiger partial charge in [-0.05, 0) is 41.4 Å². The number of pyridine rings is 3. The zero-order chi connectivity index (χ0) is 26.8. The van der Waals surface area contributed by atoms with E-state index in [1.807, 2.05) is 16.8 Å². The van der Waals surface area contributed by atoms with Gasteiger partial charge in [0.15, 0.2) is 23.1 Å². The summed E-state index contributed by atoms with van der Waals surface area (Å²) in [4.78, 5) is 25.8. The quantitative estimate of drug-likeness (QED) is 0.264. The third-order valence-corrected chi connectivity index (χ3v) is 6.41. The predicted molar refractivity (Wildman–Crippen MR) is 141 cm³/mol. The van der Waals surface area contributed by atoms with Gasteiger partial charge in [-0.3, -0.25) is 14.8 Å². The third kappa shape index (κ3) is 4.66. The van der Waals surface area contributed by atoms with Crippen LogP contribution in [0.5, 0.6) is 28.9 Å². The molecule has 0 fully saturated rings. The fraction of sp³-hybridized carbons (Fsp3) is 0.111. The summed E-state index contributed by atoms with van der Waals surface area (Å²) in [5.41, 5.74) is 2.77. The van der Waals surface area contributed by atoms with E-state index in [0.717, 1.165) is 11.6 Å². The normalized spacial score (nSPS) is 10.8. The molecule has 38 heavy (non-hydrogen) atoms. The van der Waals surface area contributed by atoms with Crippen LogP contribution < -0.4 is 19.5 Å². The maximum Gasteiger partial charge on any atom is 0.261 e. The van der Waals surface area contributed by atoms with E-state index in [2.05, 4.69) is 20.3 Å². The number of aryl methyl sites for hydroxylation is 1. The van der Waals surface area contributed by atoms with Crippen molar-refractivity contribution in [3.05, 3.63) is 76.6 Å². The number of carbonyl (C=O) groups excluding carboxylic acids is 1. The predicted octanol–water partition coefficient (Wildman–Crippen LogP) is 5.97. The van der Waals surface area contributed by atoms with Crippen LogP contribution in [0.25, 0.3) is 22.2 Å². The maximum atomic E-state index is 15.0. The van der Waals surface area contributed by atoms with Crippen LogP contribution in [0.1, 0.15) is 16.1 Å². The highest BCUT2D eigenvalue weighted by atomic mass is 32.1. The molecular formula is C27H21FN4O5S. The van der Waals surface area contributed by atoms with Gasteiger partial charge in [0.2, 0.25) is 0 Å². The Morgan fingerprint density at radius 2 is 1.89 bits per heavy atom. The summed E-state index contributed by atoms with van der Waals surface area (Å²) < 4.78 is 31.3. The van der Waals surface area contributed by atoms with Crippen molar-refractivity contribution < 1.29 is 28.5 Å². The summed E-state index contributed by atoms with van der Waals surface area (Å²) in [6.45, 7) is 1.75. The Bertz CT molecular complexity index is 1660. The lowest BCUT2D eigenvalue weighted by atomic mass is 10.0. The first-order chi connectivity index (χ1) is 18.4. The second-order valence-electron chi connectivity index (χ2n) is 8.07. The smallest absolute Gasteiger partial charge is 0.261 e. The molecule has 5 aromatic rings. The Kier molecular flexibility index (Phi) is 6.75. The molecule has 1 aromatic carbocycles. The second kappa shape index (κ2) is 10.3. The molecule has 2 N–H and O–H groups in total. The Balaban J connectivity index is 1.39. The van der Waals surface area contributed by atoms with Gasteiger partial charge in [0.25, 0.3) is 11.8 Å². The van der Waals surface area contributed by atoms with Crippen molar-refractivity contribution >= 4 is 34.0 Å². The highest BCUT2D eigenvalue weighted by Gasteiger charge is 2.20. The summed E-state index contributed by atoms with van der Waals surface area (Å²) in [6.07, 6.45) is 2.79. The summed E-state index contributed by atoms with van der Waals surface area (Å²) in [7, 11) is 2.94. The van der Waals surface area contributed by atoms with Gasteiger partial charge in [-0.2, -0.15) is 11.3 Å². The molecule has 0 aliphatic rings. The molecule has 1 amide bonds. The van der Waals surface area contributed by atoms with Crippen LogP contribution in [0.15, 0.2) is 59.6 Å². The third-order valence-electron chi connectivity index (χ3n) is 5.73. The fourth-order valence-corrected chi connectivity index (χ4v) is 4.52. The zero-order valence-corrected chi connectivity index (χ0v) is 21.3. The number of carbonyl (C=O) groups is 1. The van der Waals surface area contributed by atoms with Crippen LogP contribution >= 0.6 is 11.3 Å². The molecule has 4 aromatic heterocycles. The summed E-state index contributed by atoms with van der Waals surface area (Å²) in [6, 6.07) is 9.00. The standard InChI is InChI=1S/C27H21FN4O5S/c1-14-23(15-7-9-38-13-15)25(33)17(12-30-14)26(34)31-16-4-5-20(18(28)10-16)37-21-6-8-29-19-11-22(35-2)27(36-3)32-24(19)21/h4-13H,1-3H3,(H,30,33)(H,31,34). The molecule has 5 rings (SSSR count). The average Bonchev–Trinajstić information content (AvgIpc) is 3.44. The number of nitrogens with zero attached hydrogens (tertiary/aromatic N) is 3. The number of benzene rings is 1. The number of fused-ring (bicyclic) bond motifs is 1. The van der Waals surface area contributed by atoms with E-state index in [0.29, 0.717) is 28.0 Å². The molecule has 0 atom stereocenters. The molecule has 0 spiro atoms. The highest BCUT2D eigenvalue weighted by molar-refractivity contribution is 7.08. The minimum atomic E-state index is -0.724. The molecule has 0 saturated carbocycles. The first kappa shape index (κ1) is 24.9. The number of halogens is 1. The molecule has 0 bridgehead atoms. The van der Waals surface area contributed by atoms with Crippen molar-refractivity contribution in [1.82, 2.24) is 15.0 Å². The Morgan fingerprint density at radius 1 is 1.05 bits per heavy atom. The van der Waals surface area contributed by atoms with Crippen LogP contribution in [0.3, 0.4) is 0 Å². The van der Waals surface area contributed by atoms with Crippen molar-refractivity contribution in [1.29, 1.82) is 0 Å².